The van der Waals surface area contributed by atoms with Gasteiger partial charge in [-0.3, -0.25) is 0 Å². The molecule has 1 unspecified atom stereocenters. The largest absolute Gasteiger partial charge is 0.389 e. The number of anilines is 1. The van der Waals surface area contributed by atoms with Gasteiger partial charge in [0.25, 0.3) is 0 Å². The average molecular weight is 206 g/mol. The number of rotatable bonds is 2. The van der Waals surface area contributed by atoms with E-state index >= 15 is 0 Å². The van der Waals surface area contributed by atoms with Gasteiger partial charge in [-0.2, -0.15) is 0 Å². The van der Waals surface area contributed by atoms with Crippen LogP contribution in [0.1, 0.15) is 37.1 Å². The third-order valence-electron chi connectivity index (χ3n) is 2.99. The van der Waals surface area contributed by atoms with Crippen LogP contribution >= 0.6 is 0 Å². The maximum absolute atomic E-state index is 9.51. The fourth-order valence-corrected chi connectivity index (χ4v) is 2.12. The topological polar surface area (TPSA) is 36.4 Å². The Morgan fingerprint density at radius 3 is 2.53 bits per heavy atom. The molecule has 1 atom stereocenters. The van der Waals surface area contributed by atoms with E-state index in [1.165, 1.54) is 12.8 Å². The molecule has 2 rings (SSSR count). The molecule has 82 valence electrons. The minimum absolute atomic E-state index is 0.426. The number of aryl methyl sites for hydroxylation is 1. The van der Waals surface area contributed by atoms with Crippen molar-refractivity contribution in [2.45, 2.75) is 32.8 Å². The van der Waals surface area contributed by atoms with E-state index in [1.807, 2.05) is 19.1 Å². The summed E-state index contributed by atoms with van der Waals surface area (Å²) in [5.74, 6) is 1.05. The highest BCUT2D eigenvalue weighted by Gasteiger charge is 2.15. The molecule has 1 aromatic heterocycles. The minimum atomic E-state index is -0.426. The lowest BCUT2D eigenvalue weighted by Gasteiger charge is -2.18. The maximum atomic E-state index is 9.51. The van der Waals surface area contributed by atoms with Crippen molar-refractivity contribution in [3.05, 3.63) is 23.4 Å². The second-order valence-electron chi connectivity index (χ2n) is 4.21. The number of nitrogens with zero attached hydrogens (tertiary/aromatic N) is 2. The van der Waals surface area contributed by atoms with Crippen LogP contribution in [0.25, 0.3) is 0 Å². The molecule has 0 amide bonds. The number of aliphatic hydroxyl groups excluding tert-OH is 1. The number of pyridine rings is 1. The molecule has 3 heteroatoms. The maximum Gasteiger partial charge on any atom is 0.128 e. The minimum Gasteiger partial charge on any atom is -0.389 e. The Kier molecular flexibility index (Phi) is 2.91. The molecular weight excluding hydrogens is 188 g/mol. The van der Waals surface area contributed by atoms with Crippen LogP contribution in [0.5, 0.6) is 0 Å². The number of hydrogen-bond donors (Lipinski definition) is 1. The molecule has 1 saturated heterocycles. The number of aromatic nitrogens is 1. The summed E-state index contributed by atoms with van der Waals surface area (Å²) < 4.78 is 0. The molecule has 0 aliphatic carbocycles. The van der Waals surface area contributed by atoms with Gasteiger partial charge >= 0.3 is 0 Å². The van der Waals surface area contributed by atoms with Gasteiger partial charge in [0.1, 0.15) is 5.82 Å². The van der Waals surface area contributed by atoms with Gasteiger partial charge in [-0.15, -0.1) is 0 Å². The summed E-state index contributed by atoms with van der Waals surface area (Å²) in [7, 11) is 0. The zero-order chi connectivity index (χ0) is 10.8. The Morgan fingerprint density at radius 1 is 1.33 bits per heavy atom. The molecule has 0 bridgehead atoms. The normalized spacial score (nSPS) is 18.2. The summed E-state index contributed by atoms with van der Waals surface area (Å²) in [6.07, 6.45) is 2.10. The van der Waals surface area contributed by atoms with E-state index in [0.29, 0.717) is 0 Å². The van der Waals surface area contributed by atoms with E-state index in [2.05, 4.69) is 9.88 Å². The number of aliphatic hydroxyl groups is 1. The third kappa shape index (κ3) is 2.12. The van der Waals surface area contributed by atoms with Crippen LogP contribution in [0.15, 0.2) is 12.1 Å². The second kappa shape index (κ2) is 4.19. The summed E-state index contributed by atoms with van der Waals surface area (Å²) in [4.78, 5) is 6.85. The van der Waals surface area contributed by atoms with Crippen molar-refractivity contribution in [2.24, 2.45) is 0 Å². The molecule has 0 saturated carbocycles. The van der Waals surface area contributed by atoms with Gasteiger partial charge in [0.2, 0.25) is 0 Å². The fraction of sp³-hybridized carbons (Fsp3) is 0.583. The highest BCUT2D eigenvalue weighted by molar-refractivity contribution is 5.42. The summed E-state index contributed by atoms with van der Waals surface area (Å²) in [5.41, 5.74) is 1.87. The molecule has 0 radical (unpaired) electrons. The van der Waals surface area contributed by atoms with Gasteiger partial charge in [0.05, 0.1) is 6.10 Å². The van der Waals surface area contributed by atoms with E-state index in [0.717, 1.165) is 30.2 Å². The Hall–Kier alpha value is -1.09. The van der Waals surface area contributed by atoms with Gasteiger partial charge in [-0.05, 0) is 32.8 Å². The Bertz CT molecular complexity index is 343. The molecule has 0 spiro atoms. The monoisotopic (exact) mass is 206 g/mol. The molecule has 0 aromatic carbocycles. The van der Waals surface area contributed by atoms with E-state index in [4.69, 9.17) is 0 Å². The van der Waals surface area contributed by atoms with Crippen molar-refractivity contribution in [3.8, 4) is 0 Å². The third-order valence-corrected chi connectivity index (χ3v) is 2.99. The first-order valence-electron chi connectivity index (χ1n) is 5.59. The zero-order valence-electron chi connectivity index (χ0n) is 9.40. The standard InChI is InChI=1S/C12H18N2O/c1-9-11(10(2)15)5-6-12(13-9)14-7-3-4-8-14/h5-6,10,15H,3-4,7-8H2,1-2H3. The van der Waals surface area contributed by atoms with E-state index in [1.54, 1.807) is 6.92 Å². The summed E-state index contributed by atoms with van der Waals surface area (Å²) in [5, 5.41) is 9.51. The molecule has 1 N–H and O–H groups in total. The lowest BCUT2D eigenvalue weighted by molar-refractivity contribution is 0.198. The second-order valence-corrected chi connectivity index (χ2v) is 4.21. The van der Waals surface area contributed by atoms with E-state index in [-0.39, 0.29) is 0 Å². The quantitative estimate of drug-likeness (QED) is 0.804. The smallest absolute Gasteiger partial charge is 0.128 e. The molecule has 2 heterocycles. The Morgan fingerprint density at radius 2 is 2.00 bits per heavy atom. The lowest BCUT2D eigenvalue weighted by Crippen LogP contribution is -2.19. The molecule has 15 heavy (non-hydrogen) atoms. The van der Waals surface area contributed by atoms with Gasteiger partial charge in [-0.1, -0.05) is 6.07 Å². The predicted molar refractivity (Wildman–Crippen MR) is 61.1 cm³/mol. The van der Waals surface area contributed by atoms with Gasteiger partial charge in [-0.25, -0.2) is 4.98 Å². The summed E-state index contributed by atoms with van der Waals surface area (Å²) in [6.45, 7) is 5.96. The summed E-state index contributed by atoms with van der Waals surface area (Å²) >= 11 is 0. The predicted octanol–water partition coefficient (Wildman–Crippen LogP) is 2.04. The highest BCUT2D eigenvalue weighted by atomic mass is 16.3. The van der Waals surface area contributed by atoms with Crippen LogP contribution < -0.4 is 4.90 Å². The van der Waals surface area contributed by atoms with Crippen LogP contribution in [0.3, 0.4) is 0 Å². The number of hydrogen-bond acceptors (Lipinski definition) is 3. The summed E-state index contributed by atoms with van der Waals surface area (Å²) in [6, 6.07) is 4.00. The first-order chi connectivity index (χ1) is 7.18. The van der Waals surface area contributed by atoms with Crippen LogP contribution in [-0.2, 0) is 0 Å². The molecule has 1 fully saturated rings. The fourth-order valence-electron chi connectivity index (χ4n) is 2.12. The van der Waals surface area contributed by atoms with Crippen molar-refractivity contribution < 1.29 is 5.11 Å². The molecular formula is C12H18N2O. The van der Waals surface area contributed by atoms with Crippen LogP contribution in [-0.4, -0.2) is 23.2 Å². The van der Waals surface area contributed by atoms with E-state index in [9.17, 15) is 5.11 Å². The average Bonchev–Trinajstić information content (AvgIpc) is 2.69. The molecule has 1 aliphatic rings. The zero-order valence-corrected chi connectivity index (χ0v) is 9.40. The Balaban J connectivity index is 2.24. The van der Waals surface area contributed by atoms with Crippen molar-refractivity contribution in [3.63, 3.8) is 0 Å². The SMILES string of the molecule is Cc1nc(N2CCCC2)ccc1C(C)O. The molecule has 1 aromatic rings. The van der Waals surface area contributed by atoms with E-state index < -0.39 is 6.10 Å². The highest BCUT2D eigenvalue weighted by Crippen LogP contribution is 2.22. The lowest BCUT2D eigenvalue weighted by atomic mass is 10.1. The van der Waals surface area contributed by atoms with Crippen molar-refractivity contribution >= 4 is 5.82 Å². The molecule has 1 aliphatic heterocycles. The first-order valence-corrected chi connectivity index (χ1v) is 5.59. The van der Waals surface area contributed by atoms with Crippen LogP contribution in [0, 0.1) is 6.92 Å². The van der Waals surface area contributed by atoms with Gasteiger partial charge in [0.15, 0.2) is 0 Å². The van der Waals surface area contributed by atoms with Crippen molar-refractivity contribution in [1.82, 2.24) is 4.98 Å². The molecule has 3 nitrogen and oxygen atoms in total. The Labute approximate surface area is 90.8 Å². The van der Waals surface area contributed by atoms with Crippen molar-refractivity contribution in [1.29, 1.82) is 0 Å². The van der Waals surface area contributed by atoms with Gasteiger partial charge < -0.3 is 10.0 Å². The van der Waals surface area contributed by atoms with Crippen LogP contribution in [0.4, 0.5) is 5.82 Å². The first kappa shape index (κ1) is 10.4. The van der Waals surface area contributed by atoms with Crippen molar-refractivity contribution in [2.75, 3.05) is 18.0 Å². The van der Waals surface area contributed by atoms with Gasteiger partial charge in [0, 0.05) is 24.3 Å². The van der Waals surface area contributed by atoms with Crippen LogP contribution in [0.2, 0.25) is 0 Å².